The molecular weight excluding hydrogens is 348 g/mol. The molecule has 5 nitrogen and oxygen atoms in total. The molecule has 2 aliphatic rings. The maximum absolute atomic E-state index is 12.4. The summed E-state index contributed by atoms with van der Waals surface area (Å²) in [6, 6.07) is 6.05. The van der Waals surface area contributed by atoms with Crippen LogP contribution in [0.2, 0.25) is 0 Å². The summed E-state index contributed by atoms with van der Waals surface area (Å²) in [6.45, 7) is 12.3. The Morgan fingerprint density at radius 3 is 2.62 bits per heavy atom. The van der Waals surface area contributed by atoms with E-state index in [0.29, 0.717) is 6.54 Å². The van der Waals surface area contributed by atoms with Crippen molar-refractivity contribution in [1.29, 1.82) is 0 Å². The first-order chi connectivity index (χ1) is 12.1. The Kier molecular flexibility index (Phi) is 8.35. The highest BCUT2D eigenvalue weighted by Gasteiger charge is 2.22. The largest absolute Gasteiger partial charge is 0.325 e. The van der Waals surface area contributed by atoms with Crippen LogP contribution in [-0.2, 0) is 4.79 Å². The smallest absolute Gasteiger partial charge is 0.238 e. The molecular formula is C20H33ClN4O. The molecule has 1 unspecified atom stereocenters. The molecule has 0 aliphatic carbocycles. The van der Waals surface area contributed by atoms with Gasteiger partial charge in [0.1, 0.15) is 0 Å². The van der Waals surface area contributed by atoms with E-state index < -0.39 is 0 Å². The molecule has 0 spiro atoms. The maximum atomic E-state index is 12.4. The van der Waals surface area contributed by atoms with Crippen LogP contribution in [0, 0.1) is 19.8 Å². The maximum Gasteiger partial charge on any atom is 0.238 e. The van der Waals surface area contributed by atoms with E-state index >= 15 is 0 Å². The number of piperazine rings is 1. The Morgan fingerprint density at radius 2 is 1.92 bits per heavy atom. The van der Waals surface area contributed by atoms with Gasteiger partial charge in [-0.05, 0) is 62.9 Å². The summed E-state index contributed by atoms with van der Waals surface area (Å²) in [5, 5.41) is 6.57. The standard InChI is InChI=1S/C20H32N4O.ClH/c1-16-5-3-7-19(17(16)2)22-20(25)15-24-11-9-23(10-12-24)14-18-6-4-8-21-13-18;/h3,5,7,18,21H,4,6,8-15H2,1-2H3,(H,22,25);1H. The molecule has 146 valence electrons. The fourth-order valence-corrected chi connectivity index (χ4v) is 3.85. The van der Waals surface area contributed by atoms with Crippen LogP contribution in [0.5, 0.6) is 0 Å². The van der Waals surface area contributed by atoms with Crippen molar-refractivity contribution >= 4 is 24.0 Å². The zero-order valence-corrected chi connectivity index (χ0v) is 16.9. The third-order valence-electron chi connectivity index (χ3n) is 5.63. The Balaban J connectivity index is 0.00000243. The van der Waals surface area contributed by atoms with E-state index in [4.69, 9.17) is 0 Å². The summed E-state index contributed by atoms with van der Waals surface area (Å²) in [7, 11) is 0. The van der Waals surface area contributed by atoms with E-state index in [1.54, 1.807) is 0 Å². The fraction of sp³-hybridized carbons (Fsp3) is 0.650. The van der Waals surface area contributed by atoms with Crippen LogP contribution >= 0.6 is 12.4 Å². The molecule has 1 atom stereocenters. The lowest BCUT2D eigenvalue weighted by molar-refractivity contribution is -0.117. The second-order valence-corrected chi connectivity index (χ2v) is 7.58. The molecule has 0 radical (unpaired) electrons. The number of nitrogens with one attached hydrogen (secondary N) is 2. The molecule has 2 N–H and O–H groups in total. The summed E-state index contributed by atoms with van der Waals surface area (Å²) in [6.07, 6.45) is 2.66. The van der Waals surface area contributed by atoms with Crippen molar-refractivity contribution in [1.82, 2.24) is 15.1 Å². The summed E-state index contributed by atoms with van der Waals surface area (Å²) in [5.41, 5.74) is 3.30. The highest BCUT2D eigenvalue weighted by Crippen LogP contribution is 2.18. The van der Waals surface area contributed by atoms with Crippen LogP contribution in [0.4, 0.5) is 5.69 Å². The number of piperidine rings is 1. The first-order valence-corrected chi connectivity index (χ1v) is 9.63. The number of benzene rings is 1. The molecule has 2 fully saturated rings. The summed E-state index contributed by atoms with van der Waals surface area (Å²) < 4.78 is 0. The number of amides is 1. The fourth-order valence-electron chi connectivity index (χ4n) is 3.85. The van der Waals surface area contributed by atoms with Gasteiger partial charge in [-0.2, -0.15) is 0 Å². The van der Waals surface area contributed by atoms with Crippen LogP contribution in [-0.4, -0.2) is 68.1 Å². The highest BCUT2D eigenvalue weighted by atomic mass is 35.5. The number of halogens is 1. The van der Waals surface area contributed by atoms with Gasteiger partial charge in [0.05, 0.1) is 6.54 Å². The lowest BCUT2D eigenvalue weighted by Gasteiger charge is -2.37. The monoisotopic (exact) mass is 380 g/mol. The minimum atomic E-state index is 0. The second-order valence-electron chi connectivity index (χ2n) is 7.58. The molecule has 1 amide bonds. The van der Waals surface area contributed by atoms with Gasteiger partial charge in [-0.15, -0.1) is 12.4 Å². The summed E-state index contributed by atoms with van der Waals surface area (Å²) in [4.78, 5) is 17.2. The zero-order valence-electron chi connectivity index (χ0n) is 16.1. The molecule has 26 heavy (non-hydrogen) atoms. The van der Waals surface area contributed by atoms with Crippen molar-refractivity contribution < 1.29 is 4.79 Å². The molecule has 0 bridgehead atoms. The van der Waals surface area contributed by atoms with Gasteiger partial charge in [-0.3, -0.25) is 9.69 Å². The number of carbonyl (C=O) groups is 1. The number of aryl methyl sites for hydroxylation is 1. The van der Waals surface area contributed by atoms with Crippen LogP contribution in [0.25, 0.3) is 0 Å². The number of hydrogen-bond donors (Lipinski definition) is 2. The van der Waals surface area contributed by atoms with Gasteiger partial charge < -0.3 is 15.5 Å². The van der Waals surface area contributed by atoms with Crippen molar-refractivity contribution in [3.63, 3.8) is 0 Å². The van der Waals surface area contributed by atoms with Gasteiger partial charge in [0.25, 0.3) is 0 Å². The van der Waals surface area contributed by atoms with Gasteiger partial charge in [0.15, 0.2) is 0 Å². The Hall–Kier alpha value is -1.14. The highest BCUT2D eigenvalue weighted by molar-refractivity contribution is 5.93. The van der Waals surface area contributed by atoms with Crippen LogP contribution in [0.15, 0.2) is 18.2 Å². The van der Waals surface area contributed by atoms with E-state index in [1.807, 2.05) is 12.1 Å². The van der Waals surface area contributed by atoms with Crippen molar-refractivity contribution in [2.75, 3.05) is 57.7 Å². The number of rotatable bonds is 5. The Morgan fingerprint density at radius 1 is 1.19 bits per heavy atom. The predicted octanol–water partition coefficient (Wildman–Crippen LogP) is 2.28. The molecule has 1 aromatic carbocycles. The van der Waals surface area contributed by atoms with E-state index in [0.717, 1.165) is 43.3 Å². The van der Waals surface area contributed by atoms with Gasteiger partial charge in [-0.1, -0.05) is 12.1 Å². The molecule has 1 aromatic rings. The minimum Gasteiger partial charge on any atom is -0.325 e. The molecule has 2 heterocycles. The van der Waals surface area contributed by atoms with Crippen molar-refractivity contribution in [3.05, 3.63) is 29.3 Å². The van der Waals surface area contributed by atoms with E-state index in [9.17, 15) is 4.79 Å². The quantitative estimate of drug-likeness (QED) is 0.822. The van der Waals surface area contributed by atoms with Gasteiger partial charge >= 0.3 is 0 Å². The summed E-state index contributed by atoms with van der Waals surface area (Å²) in [5.74, 6) is 0.895. The van der Waals surface area contributed by atoms with Gasteiger partial charge in [0.2, 0.25) is 5.91 Å². The van der Waals surface area contributed by atoms with E-state index in [2.05, 4.69) is 40.3 Å². The van der Waals surface area contributed by atoms with Crippen molar-refractivity contribution in [3.8, 4) is 0 Å². The second kappa shape index (κ2) is 10.3. The average molecular weight is 381 g/mol. The molecule has 6 heteroatoms. The van der Waals surface area contributed by atoms with Gasteiger partial charge in [0, 0.05) is 38.4 Å². The molecule has 3 rings (SSSR count). The predicted molar refractivity (Wildman–Crippen MR) is 110 cm³/mol. The first-order valence-electron chi connectivity index (χ1n) is 9.63. The normalized spacial score (nSPS) is 21.8. The third-order valence-corrected chi connectivity index (χ3v) is 5.63. The SMILES string of the molecule is Cc1cccc(NC(=O)CN2CCN(CC3CCCNC3)CC2)c1C.Cl. The Bertz CT molecular complexity index is 581. The lowest BCUT2D eigenvalue weighted by Crippen LogP contribution is -2.50. The number of anilines is 1. The number of carbonyl (C=O) groups excluding carboxylic acids is 1. The first kappa shape index (κ1) is 21.2. The molecule has 0 aromatic heterocycles. The van der Waals surface area contributed by atoms with Crippen LogP contribution < -0.4 is 10.6 Å². The lowest BCUT2D eigenvalue weighted by atomic mass is 9.99. The Labute approximate surface area is 163 Å². The summed E-state index contributed by atoms with van der Waals surface area (Å²) >= 11 is 0. The average Bonchev–Trinajstić information content (AvgIpc) is 2.62. The topological polar surface area (TPSA) is 47.6 Å². The van der Waals surface area contributed by atoms with Crippen molar-refractivity contribution in [2.24, 2.45) is 5.92 Å². The number of hydrogen-bond acceptors (Lipinski definition) is 4. The molecule has 0 saturated carbocycles. The van der Waals surface area contributed by atoms with Crippen molar-refractivity contribution in [2.45, 2.75) is 26.7 Å². The molecule has 2 aliphatic heterocycles. The van der Waals surface area contributed by atoms with E-state index in [-0.39, 0.29) is 18.3 Å². The minimum absolute atomic E-state index is 0. The number of nitrogens with zero attached hydrogens (tertiary/aromatic N) is 2. The zero-order chi connectivity index (χ0) is 17.6. The molecule has 2 saturated heterocycles. The van der Waals surface area contributed by atoms with Crippen LogP contribution in [0.1, 0.15) is 24.0 Å². The third kappa shape index (κ3) is 5.95. The van der Waals surface area contributed by atoms with E-state index in [1.165, 1.54) is 38.0 Å². The van der Waals surface area contributed by atoms with Gasteiger partial charge in [-0.25, -0.2) is 0 Å². The van der Waals surface area contributed by atoms with Crippen LogP contribution in [0.3, 0.4) is 0 Å².